The monoisotopic (exact) mass is 244 g/mol. The van der Waals surface area contributed by atoms with Crippen molar-refractivity contribution in [3.63, 3.8) is 0 Å². The lowest BCUT2D eigenvalue weighted by molar-refractivity contribution is 0.0526. The standard InChI is InChI=1S/C12H12N4O2/c1-3-16-11-9(7-15-16)8(5-13)10(6-14-11)12(17)18-4-2/h6-7H,3-4H2,1-2H3. The molecule has 0 N–H and O–H groups in total. The van der Waals surface area contributed by atoms with Gasteiger partial charge in [0, 0.05) is 12.7 Å². The average molecular weight is 244 g/mol. The van der Waals surface area contributed by atoms with Crippen molar-refractivity contribution in [1.29, 1.82) is 5.26 Å². The normalized spacial score (nSPS) is 10.3. The number of ether oxygens (including phenoxy) is 1. The topological polar surface area (TPSA) is 80.8 Å². The van der Waals surface area contributed by atoms with E-state index in [9.17, 15) is 10.1 Å². The number of hydrogen-bond acceptors (Lipinski definition) is 5. The van der Waals surface area contributed by atoms with Crippen LogP contribution in [0.2, 0.25) is 0 Å². The molecule has 2 rings (SSSR count). The fourth-order valence-corrected chi connectivity index (χ4v) is 1.74. The molecular formula is C12H12N4O2. The molecular weight excluding hydrogens is 232 g/mol. The Bertz CT molecular complexity index is 639. The van der Waals surface area contributed by atoms with Gasteiger partial charge in [-0.25, -0.2) is 14.5 Å². The van der Waals surface area contributed by atoms with Crippen LogP contribution in [0.5, 0.6) is 0 Å². The third-order valence-corrected chi connectivity index (χ3v) is 2.57. The van der Waals surface area contributed by atoms with Gasteiger partial charge >= 0.3 is 5.97 Å². The summed E-state index contributed by atoms with van der Waals surface area (Å²) >= 11 is 0. The first-order valence-electron chi connectivity index (χ1n) is 5.64. The van der Waals surface area contributed by atoms with Crippen LogP contribution in [-0.2, 0) is 11.3 Å². The van der Waals surface area contributed by atoms with E-state index in [2.05, 4.69) is 10.1 Å². The molecule has 0 unspecified atom stereocenters. The van der Waals surface area contributed by atoms with Gasteiger partial charge in [0.2, 0.25) is 0 Å². The number of rotatable bonds is 3. The fraction of sp³-hybridized carbons (Fsp3) is 0.333. The predicted octanol–water partition coefficient (Wildman–Crippen LogP) is 1.50. The largest absolute Gasteiger partial charge is 0.462 e. The van der Waals surface area contributed by atoms with Gasteiger partial charge in [-0.15, -0.1) is 0 Å². The molecule has 0 aliphatic carbocycles. The van der Waals surface area contributed by atoms with Crippen molar-refractivity contribution in [3.8, 4) is 6.07 Å². The lowest BCUT2D eigenvalue weighted by Crippen LogP contribution is -2.08. The van der Waals surface area contributed by atoms with Crippen molar-refractivity contribution in [1.82, 2.24) is 14.8 Å². The third-order valence-electron chi connectivity index (χ3n) is 2.57. The molecule has 0 amide bonds. The van der Waals surface area contributed by atoms with Crippen LogP contribution in [0, 0.1) is 11.3 Å². The quantitative estimate of drug-likeness (QED) is 0.764. The highest BCUT2D eigenvalue weighted by atomic mass is 16.5. The van der Waals surface area contributed by atoms with Crippen molar-refractivity contribution in [2.45, 2.75) is 20.4 Å². The van der Waals surface area contributed by atoms with Gasteiger partial charge in [-0.05, 0) is 13.8 Å². The van der Waals surface area contributed by atoms with Crippen LogP contribution in [0.1, 0.15) is 29.8 Å². The molecule has 2 aromatic heterocycles. The van der Waals surface area contributed by atoms with E-state index in [1.807, 2.05) is 13.0 Å². The summed E-state index contributed by atoms with van der Waals surface area (Å²) in [6.07, 6.45) is 2.92. The average Bonchev–Trinajstić information content (AvgIpc) is 2.80. The zero-order valence-corrected chi connectivity index (χ0v) is 10.2. The molecule has 0 fully saturated rings. The number of pyridine rings is 1. The van der Waals surface area contributed by atoms with Crippen LogP contribution in [0.25, 0.3) is 11.0 Å². The Balaban J connectivity index is 2.64. The van der Waals surface area contributed by atoms with Crippen molar-refractivity contribution in [3.05, 3.63) is 23.5 Å². The van der Waals surface area contributed by atoms with Gasteiger partial charge < -0.3 is 4.74 Å². The number of nitriles is 1. The van der Waals surface area contributed by atoms with Gasteiger partial charge in [0.25, 0.3) is 0 Å². The Morgan fingerprint density at radius 3 is 2.89 bits per heavy atom. The molecule has 2 aromatic rings. The van der Waals surface area contributed by atoms with Crippen LogP contribution in [0.15, 0.2) is 12.4 Å². The molecule has 18 heavy (non-hydrogen) atoms. The summed E-state index contributed by atoms with van der Waals surface area (Å²) in [4.78, 5) is 15.9. The van der Waals surface area contributed by atoms with E-state index in [1.165, 1.54) is 6.20 Å². The molecule has 0 spiro atoms. The minimum Gasteiger partial charge on any atom is -0.462 e. The second-order valence-corrected chi connectivity index (χ2v) is 3.58. The summed E-state index contributed by atoms with van der Waals surface area (Å²) in [5, 5.41) is 13.9. The summed E-state index contributed by atoms with van der Waals surface area (Å²) < 4.78 is 6.57. The van der Waals surface area contributed by atoms with Gasteiger partial charge in [-0.3, -0.25) is 0 Å². The Morgan fingerprint density at radius 1 is 1.50 bits per heavy atom. The second-order valence-electron chi connectivity index (χ2n) is 3.58. The molecule has 0 aliphatic heterocycles. The van der Waals surface area contributed by atoms with Crippen LogP contribution in [0.4, 0.5) is 0 Å². The number of carbonyl (C=O) groups excluding carboxylic acids is 1. The Labute approximate surface area is 104 Å². The maximum Gasteiger partial charge on any atom is 0.341 e. The minimum absolute atomic E-state index is 0.183. The number of esters is 1. The number of nitrogens with zero attached hydrogens (tertiary/aromatic N) is 4. The number of carbonyl (C=O) groups is 1. The number of hydrogen-bond donors (Lipinski definition) is 0. The predicted molar refractivity (Wildman–Crippen MR) is 63.9 cm³/mol. The highest BCUT2D eigenvalue weighted by Crippen LogP contribution is 2.20. The number of aromatic nitrogens is 3. The molecule has 6 nitrogen and oxygen atoms in total. The second kappa shape index (κ2) is 4.84. The Hall–Kier alpha value is -2.42. The van der Waals surface area contributed by atoms with Crippen LogP contribution < -0.4 is 0 Å². The fourth-order valence-electron chi connectivity index (χ4n) is 1.74. The van der Waals surface area contributed by atoms with E-state index in [-0.39, 0.29) is 17.7 Å². The molecule has 0 saturated carbocycles. The third kappa shape index (κ3) is 1.80. The highest BCUT2D eigenvalue weighted by Gasteiger charge is 2.18. The van der Waals surface area contributed by atoms with E-state index in [4.69, 9.17) is 4.74 Å². The Morgan fingerprint density at radius 2 is 2.28 bits per heavy atom. The molecule has 0 bridgehead atoms. The molecule has 92 valence electrons. The first-order valence-corrected chi connectivity index (χ1v) is 5.64. The van der Waals surface area contributed by atoms with Crippen molar-refractivity contribution >= 4 is 17.0 Å². The summed E-state index contributed by atoms with van der Waals surface area (Å²) in [7, 11) is 0. The van der Waals surface area contributed by atoms with Crippen LogP contribution >= 0.6 is 0 Å². The maximum atomic E-state index is 11.7. The molecule has 2 heterocycles. The maximum absolute atomic E-state index is 11.7. The highest BCUT2D eigenvalue weighted by molar-refractivity contribution is 5.98. The van der Waals surface area contributed by atoms with Gasteiger partial charge in [-0.1, -0.05) is 0 Å². The number of aryl methyl sites for hydroxylation is 1. The number of fused-ring (bicyclic) bond motifs is 1. The summed E-state index contributed by atoms with van der Waals surface area (Å²) in [6, 6.07) is 2.02. The zero-order chi connectivity index (χ0) is 13.1. The first-order chi connectivity index (χ1) is 8.72. The molecule has 0 radical (unpaired) electrons. The summed E-state index contributed by atoms with van der Waals surface area (Å²) in [5.41, 5.74) is 1.04. The summed E-state index contributed by atoms with van der Waals surface area (Å²) in [6.45, 7) is 4.56. The lowest BCUT2D eigenvalue weighted by Gasteiger charge is -2.04. The van der Waals surface area contributed by atoms with E-state index in [1.54, 1.807) is 17.8 Å². The van der Waals surface area contributed by atoms with Crippen LogP contribution in [-0.4, -0.2) is 27.3 Å². The first kappa shape index (κ1) is 12.0. The molecule has 6 heteroatoms. The molecule has 0 atom stereocenters. The Kier molecular flexibility index (Phi) is 3.24. The zero-order valence-electron chi connectivity index (χ0n) is 10.2. The van der Waals surface area contributed by atoms with Crippen molar-refractivity contribution in [2.24, 2.45) is 0 Å². The van der Waals surface area contributed by atoms with Gasteiger partial charge in [0.1, 0.15) is 6.07 Å². The SMILES string of the molecule is CCOC(=O)c1cnc2c(cnn2CC)c1C#N. The van der Waals surface area contributed by atoms with Gasteiger partial charge in [-0.2, -0.15) is 10.4 Å². The minimum atomic E-state index is -0.535. The lowest BCUT2D eigenvalue weighted by atomic mass is 10.1. The summed E-state index contributed by atoms with van der Waals surface area (Å²) in [5.74, 6) is -0.535. The molecule has 0 aliphatic rings. The van der Waals surface area contributed by atoms with Gasteiger partial charge in [0.15, 0.2) is 5.65 Å². The van der Waals surface area contributed by atoms with E-state index < -0.39 is 5.97 Å². The smallest absolute Gasteiger partial charge is 0.341 e. The van der Waals surface area contributed by atoms with Crippen molar-refractivity contribution < 1.29 is 9.53 Å². The van der Waals surface area contributed by atoms with Crippen LogP contribution in [0.3, 0.4) is 0 Å². The van der Waals surface area contributed by atoms with E-state index >= 15 is 0 Å². The van der Waals surface area contributed by atoms with E-state index in [0.717, 1.165) is 0 Å². The molecule has 0 saturated heterocycles. The van der Waals surface area contributed by atoms with Gasteiger partial charge in [0.05, 0.1) is 29.3 Å². The van der Waals surface area contributed by atoms with Crippen molar-refractivity contribution in [2.75, 3.05) is 6.61 Å². The molecule has 0 aromatic carbocycles. The van der Waals surface area contributed by atoms with E-state index in [0.29, 0.717) is 17.6 Å².